The number of thiocarbonyl (C=S) groups is 1. The summed E-state index contributed by atoms with van der Waals surface area (Å²) in [6, 6.07) is 0. The summed E-state index contributed by atoms with van der Waals surface area (Å²) < 4.78 is 24.1. The minimum atomic E-state index is -3.21. The fourth-order valence-corrected chi connectivity index (χ4v) is 4.70. The number of hydrogen-bond donors (Lipinski definition) is 2. The van der Waals surface area contributed by atoms with Crippen LogP contribution in [0.3, 0.4) is 0 Å². The second-order valence-corrected chi connectivity index (χ2v) is 8.22. The lowest BCUT2D eigenvalue weighted by molar-refractivity contribution is 0.0786. The summed E-state index contributed by atoms with van der Waals surface area (Å²) in [5.74, 6) is 0.202. The molecule has 1 atom stereocenters. The van der Waals surface area contributed by atoms with Crippen molar-refractivity contribution in [1.29, 1.82) is 0 Å². The smallest absolute Gasteiger partial charge is 0.160 e. The molecule has 1 heterocycles. The predicted molar refractivity (Wildman–Crippen MR) is 75.9 cm³/mol. The summed E-state index contributed by atoms with van der Waals surface area (Å²) in [7, 11) is -3.21. The van der Waals surface area contributed by atoms with Crippen molar-refractivity contribution < 1.29 is 13.5 Å². The number of thioether (sulfide) groups is 1. The van der Waals surface area contributed by atoms with E-state index in [9.17, 15) is 13.5 Å². The highest BCUT2D eigenvalue weighted by molar-refractivity contribution is 8.23. The Balaban J connectivity index is 2.41. The fraction of sp³-hybridized carbons (Fsp3) is 0.900. The lowest BCUT2D eigenvalue weighted by atomic mass is 10.2. The maximum Gasteiger partial charge on any atom is 0.160 e. The molecule has 0 aliphatic carbocycles. The molecule has 1 rings (SSSR count). The Hall–Kier alpha value is 0.150. The van der Waals surface area contributed by atoms with Gasteiger partial charge in [-0.25, -0.2) is 8.42 Å². The van der Waals surface area contributed by atoms with Crippen molar-refractivity contribution in [1.82, 2.24) is 5.32 Å². The molecular weight excluding hydrogens is 278 g/mol. The monoisotopic (exact) mass is 297 g/mol. The first kappa shape index (κ1) is 15.2. The van der Waals surface area contributed by atoms with E-state index < -0.39 is 15.6 Å². The second kappa shape index (κ2) is 6.36. The first-order valence-corrected chi connectivity index (χ1v) is 8.96. The molecule has 4 nitrogen and oxygen atoms in total. The van der Waals surface area contributed by atoms with E-state index in [4.69, 9.17) is 12.2 Å². The molecule has 0 spiro atoms. The van der Waals surface area contributed by atoms with Crippen molar-refractivity contribution in [3.8, 4) is 0 Å². The maximum absolute atomic E-state index is 11.8. The quantitative estimate of drug-likeness (QED) is 0.545. The first-order chi connectivity index (χ1) is 7.87. The average molecular weight is 297 g/mol. The Morgan fingerprint density at radius 2 is 2.18 bits per heavy atom. The number of sulfone groups is 1. The number of aliphatic hydroxyl groups is 1. The SMILES string of the molecule is CCCCCCS(=O)(=O)CC1(O)CSC(=S)N1. The van der Waals surface area contributed by atoms with Gasteiger partial charge in [-0.05, 0) is 6.42 Å². The van der Waals surface area contributed by atoms with E-state index in [0.717, 1.165) is 19.3 Å². The van der Waals surface area contributed by atoms with Crippen LogP contribution in [0.1, 0.15) is 32.6 Å². The van der Waals surface area contributed by atoms with Crippen LogP contribution in [0.2, 0.25) is 0 Å². The zero-order valence-corrected chi connectivity index (χ0v) is 12.4. The average Bonchev–Trinajstić information content (AvgIpc) is 2.52. The molecule has 0 aromatic rings. The van der Waals surface area contributed by atoms with Crippen LogP contribution >= 0.6 is 24.0 Å². The van der Waals surface area contributed by atoms with Crippen LogP contribution in [0.25, 0.3) is 0 Å². The molecule has 0 aromatic heterocycles. The first-order valence-electron chi connectivity index (χ1n) is 5.75. The molecule has 0 saturated carbocycles. The van der Waals surface area contributed by atoms with Crippen LogP contribution in [-0.4, -0.2) is 40.8 Å². The Kier molecular flexibility index (Phi) is 5.69. The van der Waals surface area contributed by atoms with Gasteiger partial charge >= 0.3 is 0 Å². The zero-order chi connectivity index (χ0) is 12.9. The number of nitrogens with one attached hydrogen (secondary N) is 1. The summed E-state index contributed by atoms with van der Waals surface area (Å²) in [5.41, 5.74) is -1.37. The molecule has 0 aromatic carbocycles. The largest absolute Gasteiger partial charge is 0.369 e. The molecule has 0 amide bonds. The molecule has 1 fully saturated rings. The predicted octanol–water partition coefficient (Wildman–Crippen LogP) is 1.29. The van der Waals surface area contributed by atoms with Gasteiger partial charge in [0, 0.05) is 5.75 Å². The van der Waals surface area contributed by atoms with Crippen molar-refractivity contribution in [3.63, 3.8) is 0 Å². The van der Waals surface area contributed by atoms with Gasteiger partial charge in [-0.15, -0.1) is 0 Å². The van der Waals surface area contributed by atoms with Crippen molar-refractivity contribution in [2.24, 2.45) is 0 Å². The standard InChI is InChI=1S/C10H19NO3S3/c1-2-3-4-5-6-17(13,14)8-10(12)7-16-9(15)11-10/h12H,2-8H2,1H3,(H,11,15). The minimum Gasteiger partial charge on any atom is -0.369 e. The molecule has 17 heavy (non-hydrogen) atoms. The van der Waals surface area contributed by atoms with Crippen molar-refractivity contribution in [2.45, 2.75) is 38.3 Å². The van der Waals surface area contributed by atoms with Crippen molar-refractivity contribution >= 4 is 38.1 Å². The topological polar surface area (TPSA) is 66.4 Å². The van der Waals surface area contributed by atoms with E-state index >= 15 is 0 Å². The van der Waals surface area contributed by atoms with E-state index in [1.807, 2.05) is 0 Å². The summed E-state index contributed by atoms with van der Waals surface area (Å²) in [5, 5.41) is 12.7. The maximum atomic E-state index is 11.8. The van der Waals surface area contributed by atoms with E-state index in [1.54, 1.807) is 0 Å². The highest BCUT2D eigenvalue weighted by atomic mass is 32.2. The molecule has 100 valence electrons. The number of unbranched alkanes of at least 4 members (excludes halogenated alkanes) is 3. The normalized spacial score (nSPS) is 24.9. The highest BCUT2D eigenvalue weighted by Gasteiger charge is 2.38. The van der Waals surface area contributed by atoms with E-state index in [0.29, 0.717) is 16.5 Å². The highest BCUT2D eigenvalue weighted by Crippen LogP contribution is 2.23. The van der Waals surface area contributed by atoms with Gasteiger partial charge in [-0.2, -0.15) is 0 Å². The van der Waals surface area contributed by atoms with Crippen LogP contribution in [0.5, 0.6) is 0 Å². The van der Waals surface area contributed by atoms with Gasteiger partial charge < -0.3 is 10.4 Å². The summed E-state index contributed by atoms with van der Waals surface area (Å²) >= 11 is 6.16. The molecule has 0 bridgehead atoms. The number of rotatable bonds is 7. The lowest BCUT2D eigenvalue weighted by Crippen LogP contribution is -2.49. The van der Waals surface area contributed by atoms with Gasteiger partial charge in [0.2, 0.25) is 0 Å². The lowest BCUT2D eigenvalue weighted by Gasteiger charge is -2.21. The van der Waals surface area contributed by atoms with Crippen LogP contribution in [0.4, 0.5) is 0 Å². The molecule has 0 radical (unpaired) electrons. The Bertz CT molecular complexity index is 369. The fourth-order valence-electron chi connectivity index (χ4n) is 1.71. The minimum absolute atomic E-state index is 0.147. The van der Waals surface area contributed by atoms with Gasteiger partial charge in [-0.3, -0.25) is 0 Å². The van der Waals surface area contributed by atoms with Gasteiger partial charge in [0.15, 0.2) is 15.6 Å². The molecule has 1 aliphatic rings. The Morgan fingerprint density at radius 1 is 1.47 bits per heavy atom. The van der Waals surface area contributed by atoms with E-state index in [2.05, 4.69) is 12.2 Å². The van der Waals surface area contributed by atoms with Crippen LogP contribution in [0, 0.1) is 0 Å². The summed E-state index contributed by atoms with van der Waals surface area (Å²) in [4.78, 5) is 0. The molecule has 7 heteroatoms. The summed E-state index contributed by atoms with van der Waals surface area (Å²) in [6.07, 6.45) is 3.73. The van der Waals surface area contributed by atoms with Crippen LogP contribution in [0.15, 0.2) is 0 Å². The second-order valence-electron chi connectivity index (χ2n) is 4.39. The zero-order valence-electron chi connectivity index (χ0n) is 9.94. The third-order valence-corrected chi connectivity index (χ3v) is 5.81. The van der Waals surface area contributed by atoms with Crippen LogP contribution in [-0.2, 0) is 9.84 Å². The Morgan fingerprint density at radius 3 is 2.71 bits per heavy atom. The molecule has 1 saturated heterocycles. The van der Waals surface area contributed by atoms with E-state index in [1.165, 1.54) is 11.8 Å². The third-order valence-electron chi connectivity index (χ3n) is 2.54. The molecular formula is C10H19NO3S3. The molecule has 1 aliphatic heterocycles. The van der Waals surface area contributed by atoms with Crippen molar-refractivity contribution in [3.05, 3.63) is 0 Å². The summed E-state index contributed by atoms with van der Waals surface area (Å²) in [6.45, 7) is 2.08. The van der Waals surface area contributed by atoms with Gasteiger partial charge in [-0.1, -0.05) is 50.2 Å². The van der Waals surface area contributed by atoms with Gasteiger partial charge in [0.1, 0.15) is 4.32 Å². The Labute approximate surface area is 112 Å². The molecule has 1 unspecified atom stereocenters. The number of hydrogen-bond acceptors (Lipinski definition) is 5. The molecule has 2 N–H and O–H groups in total. The van der Waals surface area contributed by atoms with Crippen molar-refractivity contribution in [2.75, 3.05) is 17.3 Å². The van der Waals surface area contributed by atoms with Crippen LogP contribution < -0.4 is 5.32 Å². The van der Waals surface area contributed by atoms with Gasteiger partial charge in [0.05, 0.1) is 11.5 Å². The third kappa shape index (κ3) is 5.54. The van der Waals surface area contributed by atoms with Gasteiger partial charge in [0.25, 0.3) is 0 Å². The van der Waals surface area contributed by atoms with E-state index in [-0.39, 0.29) is 11.5 Å².